The van der Waals surface area contributed by atoms with E-state index in [9.17, 15) is 13.2 Å². The van der Waals surface area contributed by atoms with Crippen molar-refractivity contribution in [1.29, 1.82) is 0 Å². The molecule has 2 aromatic rings. The maximum absolute atomic E-state index is 12.5. The first-order chi connectivity index (χ1) is 12.3. The number of carbonyl (C=O) groups is 1. The Kier molecular flexibility index (Phi) is 6.81. The van der Waals surface area contributed by atoms with Crippen molar-refractivity contribution in [2.24, 2.45) is 0 Å². The van der Waals surface area contributed by atoms with E-state index in [4.69, 9.17) is 11.6 Å². The van der Waals surface area contributed by atoms with Gasteiger partial charge in [0.25, 0.3) is 5.91 Å². The molecule has 1 amide bonds. The molecule has 0 saturated carbocycles. The summed E-state index contributed by atoms with van der Waals surface area (Å²) < 4.78 is 26.3. The van der Waals surface area contributed by atoms with Crippen LogP contribution in [-0.2, 0) is 10.0 Å². The highest BCUT2D eigenvalue weighted by atomic mass is 35.5. The van der Waals surface area contributed by atoms with Crippen molar-refractivity contribution < 1.29 is 13.2 Å². The predicted molar refractivity (Wildman–Crippen MR) is 104 cm³/mol. The number of carbonyl (C=O) groups excluding carboxylic acids is 1. The van der Waals surface area contributed by atoms with Crippen LogP contribution in [0.3, 0.4) is 0 Å². The van der Waals surface area contributed by atoms with Crippen molar-refractivity contribution in [3.63, 3.8) is 0 Å². The highest BCUT2D eigenvalue weighted by molar-refractivity contribution is 7.89. The Balaban J connectivity index is 2.15. The van der Waals surface area contributed by atoms with Crippen molar-refractivity contribution in [2.75, 3.05) is 13.1 Å². The molecule has 2 aromatic carbocycles. The van der Waals surface area contributed by atoms with Gasteiger partial charge in [-0.05, 0) is 42.8 Å². The Morgan fingerprint density at radius 3 is 2.19 bits per heavy atom. The van der Waals surface area contributed by atoms with Crippen molar-refractivity contribution in [3.8, 4) is 0 Å². The molecule has 1 atom stereocenters. The van der Waals surface area contributed by atoms with Crippen molar-refractivity contribution in [1.82, 2.24) is 9.62 Å². The number of rotatable bonds is 7. The van der Waals surface area contributed by atoms with E-state index in [1.807, 2.05) is 25.1 Å². The van der Waals surface area contributed by atoms with E-state index in [0.29, 0.717) is 23.7 Å². The lowest BCUT2D eigenvalue weighted by Gasteiger charge is -2.19. The first-order valence-corrected chi connectivity index (χ1v) is 10.3. The average Bonchev–Trinajstić information content (AvgIpc) is 2.62. The summed E-state index contributed by atoms with van der Waals surface area (Å²) in [6.45, 7) is 6.23. The van der Waals surface area contributed by atoms with Gasteiger partial charge in [0.15, 0.2) is 0 Å². The second kappa shape index (κ2) is 8.66. The lowest BCUT2D eigenvalue weighted by molar-refractivity contribution is 0.0940. The standard InChI is InChI=1S/C19H23ClN2O3S/c1-4-22(5-2)26(24,25)16-12-10-15(11-13-16)19(23)21-14(3)17-8-6-7-9-18(17)20/h6-14H,4-5H2,1-3H3,(H,21,23)/t14-/m0/s1. The lowest BCUT2D eigenvalue weighted by atomic mass is 10.1. The van der Waals surface area contributed by atoms with E-state index in [2.05, 4.69) is 5.32 Å². The second-order valence-electron chi connectivity index (χ2n) is 5.83. The Bertz CT molecular complexity index is 863. The van der Waals surface area contributed by atoms with Gasteiger partial charge in [-0.2, -0.15) is 4.31 Å². The Labute approximate surface area is 160 Å². The maximum atomic E-state index is 12.5. The third kappa shape index (κ3) is 4.44. The molecule has 0 saturated heterocycles. The number of nitrogens with one attached hydrogen (secondary N) is 1. The number of amides is 1. The van der Waals surface area contributed by atoms with E-state index >= 15 is 0 Å². The summed E-state index contributed by atoms with van der Waals surface area (Å²) in [6.07, 6.45) is 0. The number of nitrogens with zero attached hydrogens (tertiary/aromatic N) is 1. The topological polar surface area (TPSA) is 66.5 Å². The molecule has 5 nitrogen and oxygen atoms in total. The molecule has 0 aromatic heterocycles. The third-order valence-corrected chi connectivity index (χ3v) is 6.59. The summed E-state index contributed by atoms with van der Waals surface area (Å²) in [7, 11) is -3.53. The van der Waals surface area contributed by atoms with Gasteiger partial charge in [-0.1, -0.05) is 43.6 Å². The smallest absolute Gasteiger partial charge is 0.251 e. The van der Waals surface area contributed by atoms with E-state index in [-0.39, 0.29) is 16.8 Å². The molecule has 1 N–H and O–H groups in total. The largest absolute Gasteiger partial charge is 0.345 e. The van der Waals surface area contributed by atoms with E-state index in [1.54, 1.807) is 19.9 Å². The van der Waals surface area contributed by atoms with Crippen LogP contribution < -0.4 is 5.32 Å². The number of sulfonamides is 1. The molecular weight excluding hydrogens is 372 g/mol. The SMILES string of the molecule is CCN(CC)S(=O)(=O)c1ccc(C(=O)N[C@@H](C)c2ccccc2Cl)cc1. The first-order valence-electron chi connectivity index (χ1n) is 8.46. The molecule has 2 rings (SSSR count). The zero-order chi connectivity index (χ0) is 19.3. The van der Waals surface area contributed by atoms with Crippen molar-refractivity contribution >= 4 is 27.5 Å². The van der Waals surface area contributed by atoms with Crippen LogP contribution in [0.15, 0.2) is 53.4 Å². The monoisotopic (exact) mass is 394 g/mol. The fourth-order valence-corrected chi connectivity index (χ4v) is 4.43. The molecule has 0 aliphatic rings. The van der Waals surface area contributed by atoms with Gasteiger partial charge in [0.05, 0.1) is 10.9 Å². The number of halogens is 1. The first kappa shape index (κ1) is 20.4. The van der Waals surface area contributed by atoms with Crippen LogP contribution in [0.25, 0.3) is 0 Å². The van der Waals surface area contributed by atoms with E-state index < -0.39 is 10.0 Å². The van der Waals surface area contributed by atoms with Gasteiger partial charge in [0.1, 0.15) is 0 Å². The summed E-state index contributed by atoms with van der Waals surface area (Å²) >= 11 is 6.15. The summed E-state index contributed by atoms with van der Waals surface area (Å²) in [5, 5.41) is 3.46. The summed E-state index contributed by atoms with van der Waals surface area (Å²) in [6, 6.07) is 13.0. The van der Waals surface area contributed by atoms with Gasteiger partial charge >= 0.3 is 0 Å². The summed E-state index contributed by atoms with van der Waals surface area (Å²) in [4.78, 5) is 12.6. The molecule has 26 heavy (non-hydrogen) atoms. The summed E-state index contributed by atoms with van der Waals surface area (Å²) in [5.74, 6) is -0.288. The minimum atomic E-state index is -3.53. The predicted octanol–water partition coefficient (Wildman–Crippen LogP) is 3.86. The molecule has 0 fully saturated rings. The maximum Gasteiger partial charge on any atom is 0.251 e. The quantitative estimate of drug-likeness (QED) is 0.775. The fraction of sp³-hybridized carbons (Fsp3) is 0.316. The van der Waals surface area contributed by atoms with Crippen LogP contribution in [0.5, 0.6) is 0 Å². The Hall–Kier alpha value is -1.89. The molecule has 0 radical (unpaired) electrons. The van der Waals surface area contributed by atoms with Crippen molar-refractivity contribution in [2.45, 2.75) is 31.7 Å². The molecule has 0 bridgehead atoms. The average molecular weight is 395 g/mol. The third-order valence-electron chi connectivity index (χ3n) is 4.18. The Morgan fingerprint density at radius 2 is 1.65 bits per heavy atom. The van der Waals surface area contributed by atoms with Gasteiger partial charge in [-0.25, -0.2) is 8.42 Å². The van der Waals surface area contributed by atoms with Crippen LogP contribution in [0.2, 0.25) is 5.02 Å². The number of benzene rings is 2. The van der Waals surface area contributed by atoms with E-state index in [1.165, 1.54) is 28.6 Å². The van der Waals surface area contributed by atoms with Gasteiger partial charge < -0.3 is 5.32 Å². The minimum Gasteiger partial charge on any atom is -0.345 e. The zero-order valence-corrected chi connectivity index (χ0v) is 16.6. The van der Waals surface area contributed by atoms with E-state index in [0.717, 1.165) is 5.56 Å². The molecule has 7 heteroatoms. The van der Waals surface area contributed by atoms with Crippen LogP contribution in [0.1, 0.15) is 42.7 Å². The second-order valence-corrected chi connectivity index (χ2v) is 8.18. The Morgan fingerprint density at radius 1 is 1.08 bits per heavy atom. The molecule has 0 spiro atoms. The van der Waals surface area contributed by atoms with Gasteiger partial charge in [0, 0.05) is 23.7 Å². The van der Waals surface area contributed by atoms with Gasteiger partial charge in [-0.3, -0.25) is 4.79 Å². The molecule has 0 unspecified atom stereocenters. The lowest BCUT2D eigenvalue weighted by Crippen LogP contribution is -2.30. The van der Waals surface area contributed by atoms with Crippen LogP contribution in [0.4, 0.5) is 0 Å². The highest BCUT2D eigenvalue weighted by Crippen LogP contribution is 2.23. The fourth-order valence-electron chi connectivity index (χ4n) is 2.67. The molecular formula is C19H23ClN2O3S. The van der Waals surface area contributed by atoms with Crippen LogP contribution >= 0.6 is 11.6 Å². The molecule has 0 heterocycles. The minimum absolute atomic E-state index is 0.178. The van der Waals surface area contributed by atoms with Crippen molar-refractivity contribution in [3.05, 3.63) is 64.7 Å². The molecule has 140 valence electrons. The van der Waals surface area contributed by atoms with Crippen LogP contribution in [0, 0.1) is 0 Å². The van der Waals surface area contributed by atoms with Crippen LogP contribution in [-0.4, -0.2) is 31.7 Å². The summed E-state index contributed by atoms with van der Waals surface area (Å²) in [5.41, 5.74) is 1.21. The normalized spacial score (nSPS) is 12.8. The zero-order valence-electron chi connectivity index (χ0n) is 15.1. The number of hydrogen-bond donors (Lipinski definition) is 1. The molecule has 0 aliphatic carbocycles. The molecule has 0 aliphatic heterocycles. The van der Waals surface area contributed by atoms with Gasteiger partial charge in [0.2, 0.25) is 10.0 Å². The number of hydrogen-bond acceptors (Lipinski definition) is 3. The highest BCUT2D eigenvalue weighted by Gasteiger charge is 2.22. The van der Waals surface area contributed by atoms with Gasteiger partial charge in [-0.15, -0.1) is 0 Å².